The highest BCUT2D eigenvalue weighted by molar-refractivity contribution is 6.30. The van der Waals surface area contributed by atoms with E-state index in [9.17, 15) is 9.59 Å². The average Bonchev–Trinajstić information content (AvgIpc) is 2.79. The van der Waals surface area contributed by atoms with Gasteiger partial charge in [0.25, 0.3) is 0 Å². The molecule has 2 rings (SSSR count). The molecule has 1 aromatic carbocycles. The maximum atomic E-state index is 12.2. The van der Waals surface area contributed by atoms with E-state index in [1.54, 1.807) is 29.2 Å². The lowest BCUT2D eigenvalue weighted by molar-refractivity contribution is -0.121. The fourth-order valence-corrected chi connectivity index (χ4v) is 2.14. The zero-order valence-corrected chi connectivity index (χ0v) is 11.6. The van der Waals surface area contributed by atoms with Crippen molar-refractivity contribution in [2.45, 2.75) is 0 Å². The van der Waals surface area contributed by atoms with Crippen molar-refractivity contribution in [2.75, 3.05) is 37.7 Å². The zero-order chi connectivity index (χ0) is 14.5. The van der Waals surface area contributed by atoms with Crippen LogP contribution in [-0.4, -0.2) is 54.7 Å². The molecule has 1 heterocycles. The number of hydrogen-bond acceptors (Lipinski definition) is 3. The van der Waals surface area contributed by atoms with Gasteiger partial charge in [-0.25, -0.2) is 4.79 Å². The van der Waals surface area contributed by atoms with Gasteiger partial charge in [0, 0.05) is 30.3 Å². The summed E-state index contributed by atoms with van der Waals surface area (Å²) in [4.78, 5) is 26.8. The lowest BCUT2D eigenvalue weighted by Gasteiger charge is -2.18. The van der Waals surface area contributed by atoms with Gasteiger partial charge in [0.1, 0.15) is 6.54 Å². The van der Waals surface area contributed by atoms with Gasteiger partial charge in [-0.05, 0) is 24.3 Å². The maximum absolute atomic E-state index is 12.2. The van der Waals surface area contributed by atoms with Crippen LogP contribution in [0.4, 0.5) is 10.5 Å². The second kappa shape index (κ2) is 6.58. The Morgan fingerprint density at radius 2 is 2.00 bits per heavy atom. The summed E-state index contributed by atoms with van der Waals surface area (Å²) in [5.41, 5.74) is 0.762. The minimum atomic E-state index is -0.273. The van der Waals surface area contributed by atoms with E-state index in [2.05, 4.69) is 5.32 Å². The molecular weight excluding hydrogens is 282 g/mol. The predicted octanol–water partition coefficient (Wildman–Crippen LogP) is 0.690. The Kier molecular flexibility index (Phi) is 4.81. The molecule has 2 N–H and O–H groups in total. The lowest BCUT2D eigenvalue weighted by Crippen LogP contribution is -2.40. The monoisotopic (exact) mass is 297 g/mol. The van der Waals surface area contributed by atoms with Crippen molar-refractivity contribution < 1.29 is 14.7 Å². The Hall–Kier alpha value is -1.79. The van der Waals surface area contributed by atoms with Gasteiger partial charge in [-0.15, -0.1) is 0 Å². The molecule has 6 nitrogen and oxygen atoms in total. The summed E-state index contributed by atoms with van der Waals surface area (Å²) in [7, 11) is 0. The first-order valence-electron chi connectivity index (χ1n) is 6.31. The van der Waals surface area contributed by atoms with Crippen LogP contribution in [0.25, 0.3) is 0 Å². The fourth-order valence-electron chi connectivity index (χ4n) is 2.01. The van der Waals surface area contributed by atoms with E-state index < -0.39 is 0 Å². The first kappa shape index (κ1) is 14.6. The normalized spacial score (nSPS) is 14.8. The van der Waals surface area contributed by atoms with Gasteiger partial charge in [0.2, 0.25) is 5.91 Å². The molecule has 1 aliphatic rings. The predicted molar refractivity (Wildman–Crippen MR) is 75.9 cm³/mol. The standard InChI is InChI=1S/C13H16ClN3O3/c14-10-1-3-11(4-2-10)17-7-6-16(13(17)20)9-12(19)15-5-8-18/h1-4,18H,5-9H2,(H,15,19). The van der Waals surface area contributed by atoms with Crippen molar-refractivity contribution >= 4 is 29.2 Å². The molecule has 3 amide bonds. The molecule has 7 heteroatoms. The third-order valence-electron chi connectivity index (χ3n) is 3.00. The molecule has 20 heavy (non-hydrogen) atoms. The Balaban J connectivity index is 1.95. The maximum Gasteiger partial charge on any atom is 0.325 e. The summed E-state index contributed by atoms with van der Waals surface area (Å²) in [5, 5.41) is 11.8. The highest BCUT2D eigenvalue weighted by Gasteiger charge is 2.30. The fraction of sp³-hybridized carbons (Fsp3) is 0.385. The molecule has 0 radical (unpaired) electrons. The van der Waals surface area contributed by atoms with Crippen molar-refractivity contribution in [1.82, 2.24) is 10.2 Å². The van der Waals surface area contributed by atoms with Gasteiger partial charge < -0.3 is 15.3 Å². The number of aliphatic hydroxyl groups excluding tert-OH is 1. The number of aliphatic hydroxyl groups is 1. The topological polar surface area (TPSA) is 72.9 Å². The van der Waals surface area contributed by atoms with Crippen LogP contribution in [0.2, 0.25) is 5.02 Å². The number of anilines is 1. The van der Waals surface area contributed by atoms with E-state index in [4.69, 9.17) is 16.7 Å². The smallest absolute Gasteiger partial charge is 0.325 e. The van der Waals surface area contributed by atoms with Crippen LogP contribution in [0.5, 0.6) is 0 Å². The first-order chi connectivity index (χ1) is 9.61. The van der Waals surface area contributed by atoms with Crippen molar-refractivity contribution in [1.29, 1.82) is 0 Å². The number of urea groups is 1. The number of carbonyl (C=O) groups excluding carboxylic acids is 2. The van der Waals surface area contributed by atoms with Gasteiger partial charge >= 0.3 is 6.03 Å². The minimum Gasteiger partial charge on any atom is -0.395 e. The Morgan fingerprint density at radius 1 is 1.30 bits per heavy atom. The summed E-state index contributed by atoms with van der Waals surface area (Å²) in [6, 6.07) is 6.79. The molecule has 0 aromatic heterocycles. The molecule has 1 fully saturated rings. The summed E-state index contributed by atoms with van der Waals surface area (Å²) in [6.07, 6.45) is 0. The van der Waals surface area contributed by atoms with E-state index >= 15 is 0 Å². The van der Waals surface area contributed by atoms with Gasteiger partial charge in [-0.3, -0.25) is 9.69 Å². The van der Waals surface area contributed by atoms with Gasteiger partial charge in [-0.1, -0.05) is 11.6 Å². The SMILES string of the molecule is O=C(CN1CCN(c2ccc(Cl)cc2)C1=O)NCCO. The van der Waals surface area contributed by atoms with Gasteiger partial charge in [0.15, 0.2) is 0 Å². The van der Waals surface area contributed by atoms with Crippen LogP contribution in [0.3, 0.4) is 0 Å². The van der Waals surface area contributed by atoms with Crippen LogP contribution in [0, 0.1) is 0 Å². The summed E-state index contributed by atoms with van der Waals surface area (Å²) in [5.74, 6) is -0.273. The van der Waals surface area contributed by atoms with E-state index in [0.29, 0.717) is 18.1 Å². The third kappa shape index (κ3) is 3.40. The van der Waals surface area contributed by atoms with Crippen molar-refractivity contribution in [2.24, 2.45) is 0 Å². The molecule has 0 spiro atoms. The van der Waals surface area contributed by atoms with Crippen molar-refractivity contribution in [3.05, 3.63) is 29.3 Å². The number of halogens is 1. The number of nitrogens with zero attached hydrogens (tertiary/aromatic N) is 2. The lowest BCUT2D eigenvalue weighted by atomic mass is 10.3. The molecular formula is C13H16ClN3O3. The highest BCUT2D eigenvalue weighted by Crippen LogP contribution is 2.22. The Bertz CT molecular complexity index is 492. The van der Waals surface area contributed by atoms with E-state index in [0.717, 1.165) is 5.69 Å². The second-order valence-corrected chi connectivity index (χ2v) is 4.84. The van der Waals surface area contributed by atoms with Crippen LogP contribution in [0.15, 0.2) is 24.3 Å². The summed E-state index contributed by atoms with van der Waals surface area (Å²) < 4.78 is 0. The first-order valence-corrected chi connectivity index (χ1v) is 6.69. The van der Waals surface area contributed by atoms with Crippen LogP contribution in [0.1, 0.15) is 0 Å². The van der Waals surface area contributed by atoms with E-state index in [1.807, 2.05) is 0 Å². The molecule has 1 aromatic rings. The Labute approximate surface area is 121 Å². The number of amides is 3. The van der Waals surface area contributed by atoms with Crippen LogP contribution < -0.4 is 10.2 Å². The molecule has 0 aliphatic carbocycles. The van der Waals surface area contributed by atoms with Crippen molar-refractivity contribution in [3.8, 4) is 0 Å². The second-order valence-electron chi connectivity index (χ2n) is 4.41. The molecule has 1 aliphatic heterocycles. The molecule has 0 bridgehead atoms. The number of nitrogens with one attached hydrogen (secondary N) is 1. The largest absolute Gasteiger partial charge is 0.395 e. The molecule has 0 atom stereocenters. The van der Waals surface area contributed by atoms with E-state index in [-0.39, 0.29) is 31.6 Å². The van der Waals surface area contributed by atoms with Crippen LogP contribution >= 0.6 is 11.6 Å². The number of benzene rings is 1. The molecule has 0 unspecified atom stereocenters. The summed E-state index contributed by atoms with van der Waals surface area (Å²) >= 11 is 5.81. The Morgan fingerprint density at radius 3 is 2.65 bits per heavy atom. The molecule has 0 saturated carbocycles. The quantitative estimate of drug-likeness (QED) is 0.840. The molecule has 1 saturated heterocycles. The van der Waals surface area contributed by atoms with Gasteiger partial charge in [-0.2, -0.15) is 0 Å². The third-order valence-corrected chi connectivity index (χ3v) is 3.25. The highest BCUT2D eigenvalue weighted by atomic mass is 35.5. The van der Waals surface area contributed by atoms with Gasteiger partial charge in [0.05, 0.1) is 6.61 Å². The molecule has 108 valence electrons. The summed E-state index contributed by atoms with van der Waals surface area (Å²) in [6.45, 7) is 1.11. The van der Waals surface area contributed by atoms with Crippen molar-refractivity contribution in [3.63, 3.8) is 0 Å². The van der Waals surface area contributed by atoms with E-state index in [1.165, 1.54) is 4.90 Å². The zero-order valence-electron chi connectivity index (χ0n) is 10.9. The average molecular weight is 298 g/mol. The number of hydrogen-bond donors (Lipinski definition) is 2. The minimum absolute atomic E-state index is 0.00290. The van der Waals surface area contributed by atoms with Crippen LogP contribution in [-0.2, 0) is 4.79 Å². The number of carbonyl (C=O) groups is 2. The number of rotatable bonds is 5.